The Bertz CT molecular complexity index is 924. The minimum atomic E-state index is -0.517. The summed E-state index contributed by atoms with van der Waals surface area (Å²) >= 11 is 5.26. The van der Waals surface area contributed by atoms with Gasteiger partial charge in [0.1, 0.15) is 0 Å². The average molecular weight is 464 g/mol. The van der Waals surface area contributed by atoms with Gasteiger partial charge in [-0.3, -0.25) is 4.79 Å². The first-order valence-electron chi connectivity index (χ1n) is 10.3. The number of ether oxygens (including phenoxy) is 4. The van der Waals surface area contributed by atoms with Crippen molar-refractivity contribution in [2.75, 3.05) is 33.9 Å². The third-order valence-electron chi connectivity index (χ3n) is 5.32. The molecule has 0 spiro atoms. The summed E-state index contributed by atoms with van der Waals surface area (Å²) in [5.74, 6) is 0.284. The van der Waals surface area contributed by atoms with Crippen LogP contribution in [-0.4, -0.2) is 68.0 Å². The molecule has 1 amide bonds. The van der Waals surface area contributed by atoms with Crippen LogP contribution in [-0.2, 0) is 19.1 Å². The predicted molar refractivity (Wildman–Crippen MR) is 121 cm³/mol. The van der Waals surface area contributed by atoms with Crippen molar-refractivity contribution in [1.82, 2.24) is 15.5 Å². The number of benzene rings is 1. The summed E-state index contributed by atoms with van der Waals surface area (Å²) in [5.41, 5.74) is 1.77. The molecule has 1 aromatic carbocycles. The summed E-state index contributed by atoms with van der Waals surface area (Å²) in [7, 11) is 2.85. The van der Waals surface area contributed by atoms with Gasteiger partial charge in [-0.15, -0.1) is 0 Å². The summed E-state index contributed by atoms with van der Waals surface area (Å²) in [6.07, 6.45) is -0.0267. The molecule has 2 aliphatic heterocycles. The van der Waals surface area contributed by atoms with Crippen molar-refractivity contribution >= 4 is 29.2 Å². The number of rotatable bonds is 6. The lowest BCUT2D eigenvalue weighted by atomic mass is 9.95. The second-order valence-electron chi connectivity index (χ2n) is 7.82. The van der Waals surface area contributed by atoms with Crippen molar-refractivity contribution in [2.45, 2.75) is 39.0 Å². The topological polar surface area (TPSA) is 98.4 Å². The molecule has 174 valence electrons. The number of allylic oxidation sites excluding steroid dienone is 1. The second-order valence-corrected chi connectivity index (χ2v) is 8.22. The van der Waals surface area contributed by atoms with Crippen LogP contribution >= 0.6 is 12.2 Å². The Balaban J connectivity index is 1.77. The molecule has 0 aromatic heterocycles. The molecule has 0 radical (unpaired) electrons. The van der Waals surface area contributed by atoms with Gasteiger partial charge in [-0.2, -0.15) is 0 Å². The van der Waals surface area contributed by atoms with Crippen LogP contribution in [0.15, 0.2) is 29.5 Å². The standard InChI is InChI=1S/C22H29N3O6S/c1-12-9-25(10-13(2)31-12)18(26)11-30-16-7-6-15(8-17(16)28-4)20-19(21(27)29-5)14(3)23-22(32)24-20/h6-8,12-13,20H,9-11H2,1-5H3,(H2,23,24,32)/t12-,13+,20-/m1/s1. The maximum atomic E-state index is 12.6. The molecular weight excluding hydrogens is 434 g/mol. The van der Waals surface area contributed by atoms with Gasteiger partial charge in [-0.05, 0) is 50.7 Å². The van der Waals surface area contributed by atoms with Crippen molar-refractivity contribution < 1.29 is 28.5 Å². The third kappa shape index (κ3) is 5.31. The van der Waals surface area contributed by atoms with E-state index in [1.54, 1.807) is 30.0 Å². The minimum absolute atomic E-state index is 0.0133. The zero-order chi connectivity index (χ0) is 23.4. The SMILES string of the molecule is COC(=O)C1=C(C)NC(=S)N[C@@H]1c1ccc(OCC(=O)N2C[C@@H](C)O[C@@H](C)C2)c(OC)c1. The smallest absolute Gasteiger partial charge is 0.337 e. The molecular formula is C22H29N3O6S. The number of amides is 1. The maximum absolute atomic E-state index is 12.6. The molecule has 3 rings (SSSR count). The minimum Gasteiger partial charge on any atom is -0.493 e. The number of esters is 1. The zero-order valence-corrected chi connectivity index (χ0v) is 19.7. The van der Waals surface area contributed by atoms with E-state index >= 15 is 0 Å². The molecule has 2 N–H and O–H groups in total. The van der Waals surface area contributed by atoms with Crippen LogP contribution in [0.25, 0.3) is 0 Å². The molecule has 0 unspecified atom stereocenters. The fraction of sp³-hybridized carbons (Fsp3) is 0.500. The van der Waals surface area contributed by atoms with E-state index in [1.807, 2.05) is 13.8 Å². The molecule has 1 saturated heterocycles. The normalized spacial score (nSPS) is 23.2. The average Bonchev–Trinajstić information content (AvgIpc) is 2.75. The fourth-order valence-corrected chi connectivity index (χ4v) is 4.19. The number of thiocarbonyl (C=S) groups is 1. The number of methoxy groups -OCH3 is 2. The first-order valence-corrected chi connectivity index (χ1v) is 10.7. The lowest BCUT2D eigenvalue weighted by molar-refractivity contribution is -0.145. The van der Waals surface area contributed by atoms with Gasteiger partial charge in [-0.25, -0.2) is 4.79 Å². The summed E-state index contributed by atoms with van der Waals surface area (Å²) in [6, 6.07) is 4.74. The fourth-order valence-electron chi connectivity index (χ4n) is 3.92. The van der Waals surface area contributed by atoms with Gasteiger partial charge in [0.15, 0.2) is 23.2 Å². The van der Waals surface area contributed by atoms with Crippen molar-refractivity contribution in [3.05, 3.63) is 35.0 Å². The van der Waals surface area contributed by atoms with E-state index < -0.39 is 12.0 Å². The monoisotopic (exact) mass is 463 g/mol. The molecule has 32 heavy (non-hydrogen) atoms. The summed E-state index contributed by atoms with van der Waals surface area (Å²) < 4.78 is 21.9. The van der Waals surface area contributed by atoms with Gasteiger partial charge < -0.3 is 34.5 Å². The van der Waals surface area contributed by atoms with E-state index in [-0.39, 0.29) is 24.7 Å². The molecule has 0 aliphatic carbocycles. The lowest BCUT2D eigenvalue weighted by Crippen LogP contribution is -2.49. The van der Waals surface area contributed by atoms with Gasteiger partial charge in [0.05, 0.1) is 38.0 Å². The molecule has 9 nitrogen and oxygen atoms in total. The zero-order valence-electron chi connectivity index (χ0n) is 18.9. The molecule has 2 heterocycles. The largest absolute Gasteiger partial charge is 0.493 e. The number of nitrogens with zero attached hydrogens (tertiary/aromatic N) is 1. The Morgan fingerprint density at radius 2 is 1.88 bits per heavy atom. The predicted octanol–water partition coefficient (Wildman–Crippen LogP) is 1.68. The van der Waals surface area contributed by atoms with Crippen LogP contribution < -0.4 is 20.1 Å². The van der Waals surface area contributed by atoms with Gasteiger partial charge in [0.25, 0.3) is 5.91 Å². The molecule has 3 atom stereocenters. The summed E-state index contributed by atoms with van der Waals surface area (Å²) in [6.45, 7) is 6.60. The van der Waals surface area contributed by atoms with Crippen LogP contribution in [0.5, 0.6) is 11.5 Å². The Morgan fingerprint density at radius 3 is 2.50 bits per heavy atom. The second kappa shape index (κ2) is 10.2. The van der Waals surface area contributed by atoms with Crippen LogP contribution in [0, 0.1) is 0 Å². The number of carbonyl (C=O) groups is 2. The molecule has 0 saturated carbocycles. The third-order valence-corrected chi connectivity index (χ3v) is 5.54. The highest BCUT2D eigenvalue weighted by molar-refractivity contribution is 7.80. The molecule has 1 fully saturated rings. The summed E-state index contributed by atoms with van der Waals surface area (Å²) in [4.78, 5) is 26.7. The number of nitrogens with one attached hydrogen (secondary N) is 2. The van der Waals surface area contributed by atoms with Crippen LogP contribution in [0.2, 0.25) is 0 Å². The first-order chi connectivity index (χ1) is 15.2. The molecule has 10 heteroatoms. The Kier molecular flexibility index (Phi) is 7.57. The van der Waals surface area contributed by atoms with Crippen molar-refractivity contribution in [1.29, 1.82) is 0 Å². The molecule has 1 aromatic rings. The number of morpholine rings is 1. The number of hydrogen-bond acceptors (Lipinski definition) is 7. The highest BCUT2D eigenvalue weighted by atomic mass is 32.1. The van der Waals surface area contributed by atoms with E-state index in [0.29, 0.717) is 41.0 Å². The van der Waals surface area contributed by atoms with Crippen molar-refractivity contribution in [3.8, 4) is 11.5 Å². The van der Waals surface area contributed by atoms with Gasteiger partial charge in [0.2, 0.25) is 0 Å². The maximum Gasteiger partial charge on any atom is 0.337 e. The van der Waals surface area contributed by atoms with Crippen molar-refractivity contribution in [2.24, 2.45) is 0 Å². The number of hydrogen-bond donors (Lipinski definition) is 2. The Morgan fingerprint density at radius 1 is 1.19 bits per heavy atom. The Hall–Kier alpha value is -2.85. The van der Waals surface area contributed by atoms with Crippen LogP contribution in [0.4, 0.5) is 0 Å². The highest BCUT2D eigenvalue weighted by Gasteiger charge is 2.31. The first kappa shape index (κ1) is 23.8. The van der Waals surface area contributed by atoms with Crippen LogP contribution in [0.1, 0.15) is 32.4 Å². The Labute approximate surface area is 193 Å². The van der Waals surface area contributed by atoms with Gasteiger partial charge >= 0.3 is 5.97 Å². The van der Waals surface area contributed by atoms with Crippen LogP contribution in [0.3, 0.4) is 0 Å². The number of carbonyl (C=O) groups excluding carboxylic acids is 2. The van der Waals surface area contributed by atoms with Gasteiger partial charge in [0, 0.05) is 18.8 Å². The van der Waals surface area contributed by atoms with E-state index in [0.717, 1.165) is 5.56 Å². The van der Waals surface area contributed by atoms with Crippen molar-refractivity contribution in [3.63, 3.8) is 0 Å². The van der Waals surface area contributed by atoms with E-state index in [4.69, 9.17) is 31.2 Å². The van der Waals surface area contributed by atoms with E-state index in [1.165, 1.54) is 14.2 Å². The van der Waals surface area contributed by atoms with E-state index in [2.05, 4.69) is 10.6 Å². The van der Waals surface area contributed by atoms with Gasteiger partial charge in [-0.1, -0.05) is 6.07 Å². The lowest BCUT2D eigenvalue weighted by Gasteiger charge is -2.35. The summed E-state index contributed by atoms with van der Waals surface area (Å²) in [5, 5.41) is 6.44. The van der Waals surface area contributed by atoms with E-state index in [9.17, 15) is 9.59 Å². The quantitative estimate of drug-likeness (QED) is 0.482. The molecule has 2 aliphatic rings. The molecule has 0 bridgehead atoms. The highest BCUT2D eigenvalue weighted by Crippen LogP contribution is 2.34.